The molecule has 2 rings (SSSR count). The van der Waals surface area contributed by atoms with Gasteiger partial charge in [-0.2, -0.15) is 0 Å². The first-order chi connectivity index (χ1) is 11.1. The van der Waals surface area contributed by atoms with E-state index in [1.165, 1.54) is 5.56 Å². The van der Waals surface area contributed by atoms with Crippen molar-refractivity contribution in [2.45, 2.75) is 13.3 Å². The second-order valence-corrected chi connectivity index (χ2v) is 5.71. The molecule has 1 saturated heterocycles. The lowest BCUT2D eigenvalue weighted by Gasteiger charge is -2.34. The van der Waals surface area contributed by atoms with Crippen molar-refractivity contribution in [3.8, 4) is 0 Å². The molecular formula is C18H25N3O2. The van der Waals surface area contributed by atoms with E-state index in [0.29, 0.717) is 26.2 Å². The molecule has 1 heterocycles. The first-order valence-electron chi connectivity index (χ1n) is 8.12. The van der Waals surface area contributed by atoms with Gasteiger partial charge in [-0.05, 0) is 24.1 Å². The SMILES string of the molecule is C=CCNC(=O)CN1CCN(C(=O)c2ccc(CC)cc2)CC1. The van der Waals surface area contributed by atoms with E-state index in [1.807, 2.05) is 29.2 Å². The van der Waals surface area contributed by atoms with Gasteiger partial charge in [0.1, 0.15) is 0 Å². The van der Waals surface area contributed by atoms with E-state index in [1.54, 1.807) is 6.08 Å². The summed E-state index contributed by atoms with van der Waals surface area (Å²) in [5.41, 5.74) is 1.97. The molecule has 0 saturated carbocycles. The lowest BCUT2D eigenvalue weighted by molar-refractivity contribution is -0.122. The van der Waals surface area contributed by atoms with E-state index in [4.69, 9.17) is 0 Å². The van der Waals surface area contributed by atoms with Gasteiger partial charge in [-0.25, -0.2) is 0 Å². The zero-order valence-corrected chi connectivity index (χ0v) is 13.8. The van der Waals surface area contributed by atoms with E-state index in [-0.39, 0.29) is 11.8 Å². The van der Waals surface area contributed by atoms with Crippen LogP contribution >= 0.6 is 0 Å². The zero-order chi connectivity index (χ0) is 16.7. The largest absolute Gasteiger partial charge is 0.352 e. The Balaban J connectivity index is 1.82. The molecule has 1 aromatic rings. The summed E-state index contributed by atoms with van der Waals surface area (Å²) in [6, 6.07) is 7.81. The number of benzene rings is 1. The van der Waals surface area contributed by atoms with Crippen molar-refractivity contribution in [1.82, 2.24) is 15.1 Å². The molecule has 2 amide bonds. The monoisotopic (exact) mass is 315 g/mol. The van der Waals surface area contributed by atoms with E-state index in [9.17, 15) is 9.59 Å². The molecule has 0 aliphatic carbocycles. The van der Waals surface area contributed by atoms with E-state index in [2.05, 4.69) is 23.7 Å². The molecule has 23 heavy (non-hydrogen) atoms. The van der Waals surface area contributed by atoms with Crippen molar-refractivity contribution in [3.05, 3.63) is 48.0 Å². The van der Waals surface area contributed by atoms with Crippen LogP contribution in [0.3, 0.4) is 0 Å². The molecule has 0 spiro atoms. The van der Waals surface area contributed by atoms with Crippen molar-refractivity contribution in [2.24, 2.45) is 0 Å². The number of nitrogens with zero attached hydrogens (tertiary/aromatic N) is 2. The van der Waals surface area contributed by atoms with E-state index < -0.39 is 0 Å². The Morgan fingerprint density at radius 1 is 1.17 bits per heavy atom. The standard InChI is InChI=1S/C18H25N3O2/c1-3-9-19-17(22)14-20-10-12-21(13-11-20)18(23)16-7-5-15(4-2)6-8-16/h3,5-8H,1,4,9-14H2,2H3,(H,19,22). The minimum Gasteiger partial charge on any atom is -0.352 e. The third-order valence-electron chi connectivity index (χ3n) is 4.08. The summed E-state index contributed by atoms with van der Waals surface area (Å²) in [5.74, 6) is 0.0724. The van der Waals surface area contributed by atoms with Gasteiger partial charge in [-0.15, -0.1) is 6.58 Å². The van der Waals surface area contributed by atoms with Crippen molar-refractivity contribution >= 4 is 11.8 Å². The molecule has 1 aromatic carbocycles. The Labute approximate surface area is 138 Å². The van der Waals surface area contributed by atoms with Gasteiger partial charge in [0.15, 0.2) is 0 Å². The second-order valence-electron chi connectivity index (χ2n) is 5.71. The normalized spacial score (nSPS) is 15.3. The van der Waals surface area contributed by atoms with Crippen molar-refractivity contribution in [3.63, 3.8) is 0 Å². The Morgan fingerprint density at radius 2 is 1.83 bits per heavy atom. The van der Waals surface area contributed by atoms with Gasteiger partial charge < -0.3 is 10.2 Å². The van der Waals surface area contributed by atoms with Crippen LogP contribution in [-0.4, -0.2) is 60.9 Å². The van der Waals surface area contributed by atoms with Gasteiger partial charge in [0, 0.05) is 38.3 Å². The number of amides is 2. The fraction of sp³-hybridized carbons (Fsp3) is 0.444. The van der Waals surface area contributed by atoms with Crippen LogP contribution in [0.2, 0.25) is 0 Å². The fourth-order valence-corrected chi connectivity index (χ4v) is 2.62. The first-order valence-corrected chi connectivity index (χ1v) is 8.12. The number of hydrogen-bond donors (Lipinski definition) is 1. The molecule has 1 N–H and O–H groups in total. The van der Waals surface area contributed by atoms with Gasteiger partial charge in [-0.3, -0.25) is 14.5 Å². The third-order valence-corrected chi connectivity index (χ3v) is 4.08. The topological polar surface area (TPSA) is 52.7 Å². The summed E-state index contributed by atoms with van der Waals surface area (Å²) in [7, 11) is 0. The molecule has 0 unspecified atom stereocenters. The molecule has 5 nitrogen and oxygen atoms in total. The van der Waals surface area contributed by atoms with Crippen LogP contribution in [-0.2, 0) is 11.2 Å². The number of aryl methyl sites for hydroxylation is 1. The zero-order valence-electron chi connectivity index (χ0n) is 13.8. The van der Waals surface area contributed by atoms with Gasteiger partial charge in [0.25, 0.3) is 5.91 Å². The van der Waals surface area contributed by atoms with Crippen LogP contribution in [0.1, 0.15) is 22.8 Å². The van der Waals surface area contributed by atoms with Crippen LogP contribution in [0.4, 0.5) is 0 Å². The number of carbonyl (C=O) groups is 2. The number of carbonyl (C=O) groups excluding carboxylic acids is 2. The highest BCUT2D eigenvalue weighted by Gasteiger charge is 2.23. The summed E-state index contributed by atoms with van der Waals surface area (Å²) in [5, 5.41) is 2.77. The van der Waals surface area contributed by atoms with Gasteiger partial charge in [0.05, 0.1) is 6.54 Å². The van der Waals surface area contributed by atoms with E-state index >= 15 is 0 Å². The third kappa shape index (κ3) is 4.93. The number of nitrogens with one attached hydrogen (secondary N) is 1. The van der Waals surface area contributed by atoms with Gasteiger partial charge >= 0.3 is 0 Å². The predicted molar refractivity (Wildman–Crippen MR) is 91.4 cm³/mol. The molecule has 1 aliphatic rings. The van der Waals surface area contributed by atoms with Crippen LogP contribution < -0.4 is 5.32 Å². The lowest BCUT2D eigenvalue weighted by atomic mass is 10.1. The maximum Gasteiger partial charge on any atom is 0.253 e. The molecule has 124 valence electrons. The molecule has 1 aliphatic heterocycles. The molecular weight excluding hydrogens is 290 g/mol. The molecule has 0 radical (unpaired) electrons. The fourth-order valence-electron chi connectivity index (χ4n) is 2.62. The van der Waals surface area contributed by atoms with Crippen molar-refractivity contribution in [2.75, 3.05) is 39.3 Å². The Bertz CT molecular complexity index is 546. The Kier molecular flexibility index (Phi) is 6.35. The molecule has 1 fully saturated rings. The smallest absolute Gasteiger partial charge is 0.253 e. The lowest BCUT2D eigenvalue weighted by Crippen LogP contribution is -2.51. The number of piperazine rings is 1. The van der Waals surface area contributed by atoms with E-state index in [0.717, 1.165) is 25.1 Å². The van der Waals surface area contributed by atoms with Crippen molar-refractivity contribution < 1.29 is 9.59 Å². The first kappa shape index (κ1) is 17.2. The van der Waals surface area contributed by atoms with Crippen molar-refractivity contribution in [1.29, 1.82) is 0 Å². The summed E-state index contributed by atoms with van der Waals surface area (Å²) in [4.78, 5) is 28.1. The highest BCUT2D eigenvalue weighted by atomic mass is 16.2. The van der Waals surface area contributed by atoms with Crippen LogP contribution in [0.15, 0.2) is 36.9 Å². The predicted octanol–water partition coefficient (Wildman–Crippen LogP) is 1.31. The average Bonchev–Trinajstić information content (AvgIpc) is 2.60. The van der Waals surface area contributed by atoms with Crippen LogP contribution in [0.5, 0.6) is 0 Å². The number of hydrogen-bond acceptors (Lipinski definition) is 3. The highest BCUT2D eigenvalue weighted by molar-refractivity contribution is 5.94. The molecule has 0 atom stereocenters. The molecule has 5 heteroatoms. The molecule has 0 aromatic heterocycles. The minimum absolute atomic E-state index is 0.000157. The second kappa shape index (κ2) is 8.48. The molecule has 0 bridgehead atoms. The van der Waals surface area contributed by atoms with Crippen LogP contribution in [0, 0.1) is 0 Å². The summed E-state index contributed by atoms with van der Waals surface area (Å²) >= 11 is 0. The average molecular weight is 315 g/mol. The highest BCUT2D eigenvalue weighted by Crippen LogP contribution is 2.10. The summed E-state index contributed by atoms with van der Waals surface area (Å²) < 4.78 is 0. The minimum atomic E-state index is -0.000157. The number of rotatable bonds is 6. The quantitative estimate of drug-likeness (QED) is 0.805. The summed E-state index contributed by atoms with van der Waals surface area (Å²) in [6.45, 7) is 9.30. The Hall–Kier alpha value is -2.14. The Morgan fingerprint density at radius 3 is 2.39 bits per heavy atom. The summed E-state index contributed by atoms with van der Waals surface area (Å²) in [6.07, 6.45) is 2.64. The maximum atomic E-state index is 12.5. The van der Waals surface area contributed by atoms with Gasteiger partial charge in [-0.1, -0.05) is 25.1 Å². The van der Waals surface area contributed by atoms with Gasteiger partial charge in [0.2, 0.25) is 5.91 Å². The maximum absolute atomic E-state index is 12.5. The van der Waals surface area contributed by atoms with Crippen LogP contribution in [0.25, 0.3) is 0 Å².